The van der Waals surface area contributed by atoms with Gasteiger partial charge in [0.25, 0.3) is 0 Å². The zero-order chi connectivity index (χ0) is 12.1. The van der Waals surface area contributed by atoms with Gasteiger partial charge in [-0.05, 0) is 25.0 Å². The molecule has 0 spiro atoms. The van der Waals surface area contributed by atoms with Crippen LogP contribution < -0.4 is 15.4 Å². The van der Waals surface area contributed by atoms with Crippen LogP contribution in [0.2, 0.25) is 5.02 Å². The highest BCUT2D eigenvalue weighted by molar-refractivity contribution is 6.30. The molecule has 1 fully saturated rings. The maximum absolute atomic E-state index is 5.91. The SMILES string of the molecule is COc1cc(Cl)ccc1CNCCNC1CC1. The van der Waals surface area contributed by atoms with Gasteiger partial charge in [0, 0.05) is 36.3 Å². The van der Waals surface area contributed by atoms with E-state index in [1.807, 2.05) is 18.2 Å². The van der Waals surface area contributed by atoms with Crippen molar-refractivity contribution < 1.29 is 4.74 Å². The maximum Gasteiger partial charge on any atom is 0.124 e. The lowest BCUT2D eigenvalue weighted by Gasteiger charge is -2.10. The van der Waals surface area contributed by atoms with Crippen LogP contribution in [0.5, 0.6) is 5.75 Å². The largest absolute Gasteiger partial charge is 0.496 e. The van der Waals surface area contributed by atoms with E-state index in [4.69, 9.17) is 16.3 Å². The summed E-state index contributed by atoms with van der Waals surface area (Å²) in [7, 11) is 1.67. The van der Waals surface area contributed by atoms with Gasteiger partial charge in [0.1, 0.15) is 5.75 Å². The predicted octanol–water partition coefficient (Wildman–Crippen LogP) is 2.19. The molecule has 0 unspecified atom stereocenters. The molecule has 1 saturated carbocycles. The second-order valence-corrected chi connectivity index (χ2v) is 4.80. The average Bonchev–Trinajstić information content (AvgIpc) is 3.14. The van der Waals surface area contributed by atoms with Crippen molar-refractivity contribution in [1.82, 2.24) is 10.6 Å². The Kier molecular flexibility index (Phi) is 4.66. The van der Waals surface area contributed by atoms with Gasteiger partial charge < -0.3 is 15.4 Å². The summed E-state index contributed by atoms with van der Waals surface area (Å²) < 4.78 is 5.29. The summed E-state index contributed by atoms with van der Waals surface area (Å²) in [4.78, 5) is 0. The van der Waals surface area contributed by atoms with Crippen molar-refractivity contribution in [1.29, 1.82) is 0 Å². The molecular weight excluding hydrogens is 236 g/mol. The number of methoxy groups -OCH3 is 1. The van der Waals surface area contributed by atoms with Gasteiger partial charge in [0.2, 0.25) is 0 Å². The third-order valence-electron chi connectivity index (χ3n) is 2.88. The van der Waals surface area contributed by atoms with E-state index in [0.29, 0.717) is 5.02 Å². The monoisotopic (exact) mass is 254 g/mol. The highest BCUT2D eigenvalue weighted by Crippen LogP contribution is 2.22. The van der Waals surface area contributed by atoms with E-state index in [1.54, 1.807) is 7.11 Å². The third kappa shape index (κ3) is 4.19. The Bertz CT molecular complexity index is 366. The molecule has 0 saturated heterocycles. The highest BCUT2D eigenvalue weighted by Gasteiger charge is 2.19. The van der Waals surface area contributed by atoms with Crippen LogP contribution in [0.25, 0.3) is 0 Å². The van der Waals surface area contributed by atoms with Gasteiger partial charge in [-0.25, -0.2) is 0 Å². The molecule has 0 atom stereocenters. The maximum atomic E-state index is 5.91. The molecule has 0 radical (unpaired) electrons. The fourth-order valence-electron chi connectivity index (χ4n) is 1.74. The molecule has 0 bridgehead atoms. The standard InChI is InChI=1S/C13H19ClN2O/c1-17-13-8-11(14)3-2-10(13)9-15-6-7-16-12-4-5-12/h2-3,8,12,15-16H,4-7,9H2,1H3. The number of nitrogens with one attached hydrogen (secondary N) is 2. The number of hydrogen-bond donors (Lipinski definition) is 2. The molecule has 1 aromatic rings. The van der Waals surface area contributed by atoms with Crippen molar-refractivity contribution in [3.8, 4) is 5.75 Å². The molecule has 2 N–H and O–H groups in total. The summed E-state index contributed by atoms with van der Waals surface area (Å²) in [5, 5.41) is 7.57. The van der Waals surface area contributed by atoms with E-state index in [0.717, 1.165) is 37.0 Å². The van der Waals surface area contributed by atoms with Crippen molar-refractivity contribution in [2.45, 2.75) is 25.4 Å². The van der Waals surface area contributed by atoms with Crippen LogP contribution >= 0.6 is 11.6 Å². The van der Waals surface area contributed by atoms with E-state index in [-0.39, 0.29) is 0 Å². The Hall–Kier alpha value is -0.770. The first-order valence-electron chi connectivity index (χ1n) is 6.06. The van der Waals surface area contributed by atoms with Gasteiger partial charge in [-0.2, -0.15) is 0 Å². The molecule has 4 heteroatoms. The summed E-state index contributed by atoms with van der Waals surface area (Å²) in [6, 6.07) is 6.52. The molecule has 94 valence electrons. The van der Waals surface area contributed by atoms with Gasteiger partial charge in [0.15, 0.2) is 0 Å². The van der Waals surface area contributed by atoms with Gasteiger partial charge in [-0.3, -0.25) is 0 Å². The Labute approximate surface area is 107 Å². The van der Waals surface area contributed by atoms with Crippen LogP contribution in [0, 0.1) is 0 Å². The first-order valence-corrected chi connectivity index (χ1v) is 6.44. The molecule has 0 aliphatic heterocycles. The summed E-state index contributed by atoms with van der Waals surface area (Å²) in [5.41, 5.74) is 1.14. The number of rotatable bonds is 7. The second kappa shape index (κ2) is 6.24. The van der Waals surface area contributed by atoms with Crippen LogP contribution in [0.3, 0.4) is 0 Å². The summed E-state index contributed by atoms with van der Waals surface area (Å²) in [6.07, 6.45) is 2.68. The summed E-state index contributed by atoms with van der Waals surface area (Å²) >= 11 is 5.91. The fraction of sp³-hybridized carbons (Fsp3) is 0.538. The van der Waals surface area contributed by atoms with Gasteiger partial charge >= 0.3 is 0 Å². The normalized spacial score (nSPS) is 14.9. The Morgan fingerprint density at radius 1 is 1.35 bits per heavy atom. The smallest absolute Gasteiger partial charge is 0.124 e. The highest BCUT2D eigenvalue weighted by atomic mass is 35.5. The second-order valence-electron chi connectivity index (χ2n) is 4.36. The van der Waals surface area contributed by atoms with Crippen LogP contribution in [0.4, 0.5) is 0 Å². The zero-order valence-corrected chi connectivity index (χ0v) is 10.9. The molecule has 0 heterocycles. The molecule has 1 aliphatic carbocycles. The molecule has 1 aliphatic rings. The average molecular weight is 255 g/mol. The van der Waals surface area contributed by atoms with E-state index in [2.05, 4.69) is 10.6 Å². The zero-order valence-electron chi connectivity index (χ0n) is 10.1. The van der Waals surface area contributed by atoms with Crippen LogP contribution in [-0.2, 0) is 6.54 Å². The lowest BCUT2D eigenvalue weighted by atomic mass is 10.2. The first-order chi connectivity index (χ1) is 8.29. The topological polar surface area (TPSA) is 33.3 Å². The Morgan fingerprint density at radius 3 is 2.88 bits per heavy atom. The molecular formula is C13H19ClN2O. The Balaban J connectivity index is 1.73. The molecule has 0 aromatic heterocycles. The first kappa shape index (κ1) is 12.7. The third-order valence-corrected chi connectivity index (χ3v) is 3.11. The molecule has 3 nitrogen and oxygen atoms in total. The lowest BCUT2D eigenvalue weighted by molar-refractivity contribution is 0.407. The van der Waals surface area contributed by atoms with Crippen molar-refractivity contribution in [2.24, 2.45) is 0 Å². The van der Waals surface area contributed by atoms with Crippen molar-refractivity contribution in [2.75, 3.05) is 20.2 Å². The van der Waals surface area contributed by atoms with E-state index < -0.39 is 0 Å². The predicted molar refractivity (Wildman–Crippen MR) is 70.7 cm³/mol. The molecule has 17 heavy (non-hydrogen) atoms. The van der Waals surface area contributed by atoms with Crippen molar-refractivity contribution >= 4 is 11.6 Å². The van der Waals surface area contributed by atoms with Crippen molar-refractivity contribution in [3.63, 3.8) is 0 Å². The summed E-state index contributed by atoms with van der Waals surface area (Å²) in [5.74, 6) is 0.847. The van der Waals surface area contributed by atoms with E-state index in [1.165, 1.54) is 12.8 Å². The number of halogens is 1. The minimum Gasteiger partial charge on any atom is -0.496 e. The van der Waals surface area contributed by atoms with Crippen LogP contribution in [0.1, 0.15) is 18.4 Å². The molecule has 2 rings (SSSR count). The quantitative estimate of drug-likeness (QED) is 0.732. The minimum absolute atomic E-state index is 0.709. The fourth-order valence-corrected chi connectivity index (χ4v) is 1.90. The van der Waals surface area contributed by atoms with E-state index >= 15 is 0 Å². The van der Waals surface area contributed by atoms with Gasteiger partial charge in [-0.15, -0.1) is 0 Å². The Morgan fingerprint density at radius 2 is 2.18 bits per heavy atom. The van der Waals surface area contributed by atoms with Crippen molar-refractivity contribution in [3.05, 3.63) is 28.8 Å². The van der Waals surface area contributed by atoms with Crippen LogP contribution in [-0.4, -0.2) is 26.2 Å². The number of benzene rings is 1. The van der Waals surface area contributed by atoms with E-state index in [9.17, 15) is 0 Å². The van der Waals surface area contributed by atoms with Gasteiger partial charge in [0.05, 0.1) is 7.11 Å². The van der Waals surface area contributed by atoms with Crippen LogP contribution in [0.15, 0.2) is 18.2 Å². The number of ether oxygens (including phenoxy) is 1. The molecule has 0 amide bonds. The lowest BCUT2D eigenvalue weighted by Crippen LogP contribution is -2.28. The number of hydrogen-bond acceptors (Lipinski definition) is 3. The molecule has 1 aromatic carbocycles. The summed E-state index contributed by atoms with van der Waals surface area (Å²) in [6.45, 7) is 2.82. The van der Waals surface area contributed by atoms with Gasteiger partial charge in [-0.1, -0.05) is 17.7 Å². The minimum atomic E-state index is 0.709.